The minimum Gasteiger partial charge on any atom is -0.309 e. The molecule has 0 aliphatic heterocycles. The van der Waals surface area contributed by atoms with Gasteiger partial charge < -0.3 is 9.13 Å². The zero-order valence-electron chi connectivity index (χ0n) is 35.5. The van der Waals surface area contributed by atoms with Crippen LogP contribution in [0.3, 0.4) is 0 Å². The van der Waals surface area contributed by atoms with Gasteiger partial charge in [-0.15, -0.1) is 22.7 Å². The number of hydrogen-bond donors (Lipinski definition) is 0. The van der Waals surface area contributed by atoms with E-state index in [-0.39, 0.29) is 0 Å². The van der Waals surface area contributed by atoms with Crippen LogP contribution in [0.5, 0.6) is 0 Å². The Labute approximate surface area is 388 Å². The Bertz CT molecular complexity index is 3900. The van der Waals surface area contributed by atoms with Gasteiger partial charge in [-0.25, -0.2) is 4.98 Å². The number of para-hydroxylation sites is 4. The van der Waals surface area contributed by atoms with Gasteiger partial charge in [0.15, 0.2) is 0 Å². The van der Waals surface area contributed by atoms with Crippen molar-refractivity contribution >= 4 is 96.7 Å². The van der Waals surface area contributed by atoms with Crippen LogP contribution < -0.4 is 0 Å². The van der Waals surface area contributed by atoms with Crippen LogP contribution in [-0.2, 0) is 0 Å². The average Bonchev–Trinajstić information content (AvgIpc) is 4.16. The molecule has 4 heterocycles. The predicted molar refractivity (Wildman–Crippen MR) is 283 cm³/mol. The fourth-order valence-corrected chi connectivity index (χ4v) is 12.5. The fourth-order valence-electron chi connectivity index (χ4n) is 10.3. The highest BCUT2D eigenvalue weighted by Gasteiger charge is 2.19. The van der Waals surface area contributed by atoms with Crippen LogP contribution in [0.25, 0.3) is 129 Å². The van der Waals surface area contributed by atoms with Crippen molar-refractivity contribution in [3.63, 3.8) is 0 Å². The van der Waals surface area contributed by atoms with E-state index in [1.165, 1.54) is 90.7 Å². The third-order valence-corrected chi connectivity index (χ3v) is 15.7. The van der Waals surface area contributed by atoms with E-state index in [1.54, 1.807) is 11.3 Å². The van der Waals surface area contributed by atoms with E-state index in [9.17, 15) is 0 Å². The Kier molecular flexibility index (Phi) is 8.32. The lowest BCUT2D eigenvalue weighted by Gasteiger charge is -2.12. The second-order valence-corrected chi connectivity index (χ2v) is 19.2. The first-order valence-electron chi connectivity index (χ1n) is 22.4. The number of nitrogens with zero attached hydrogens (tertiary/aromatic N) is 3. The van der Waals surface area contributed by atoms with Gasteiger partial charge in [-0.05, 0) is 89.0 Å². The van der Waals surface area contributed by atoms with Crippen molar-refractivity contribution in [2.75, 3.05) is 0 Å². The zero-order valence-corrected chi connectivity index (χ0v) is 37.2. The minimum atomic E-state index is 1.01. The maximum atomic E-state index is 5.51. The molecule has 0 amide bonds. The largest absolute Gasteiger partial charge is 0.309 e. The van der Waals surface area contributed by atoms with Crippen LogP contribution in [0, 0.1) is 0 Å². The van der Waals surface area contributed by atoms with E-state index >= 15 is 0 Å². The third-order valence-electron chi connectivity index (χ3n) is 13.4. The highest BCUT2D eigenvalue weighted by Crippen LogP contribution is 2.44. The zero-order chi connectivity index (χ0) is 43.3. The van der Waals surface area contributed by atoms with E-state index in [0.29, 0.717) is 0 Å². The highest BCUT2D eigenvalue weighted by molar-refractivity contribution is 7.25. The number of fused-ring (bicyclic) bond motifs is 10. The maximum Gasteiger partial charge on any atom is 0.124 e. The molecule has 0 atom stereocenters. The molecule has 0 aliphatic carbocycles. The Hall–Kier alpha value is -8.09. The Morgan fingerprint density at radius 3 is 1.29 bits per heavy atom. The lowest BCUT2D eigenvalue weighted by molar-refractivity contribution is 1.18. The summed E-state index contributed by atoms with van der Waals surface area (Å²) in [7, 11) is 0. The first-order chi connectivity index (χ1) is 32.7. The van der Waals surface area contributed by atoms with Crippen LogP contribution >= 0.6 is 22.7 Å². The molecule has 3 nitrogen and oxygen atoms in total. The molecule has 0 fully saturated rings. The van der Waals surface area contributed by atoms with Crippen LogP contribution in [0.2, 0.25) is 0 Å². The maximum absolute atomic E-state index is 5.51. The molecule has 14 rings (SSSR count). The highest BCUT2D eigenvalue weighted by atomic mass is 32.1. The summed E-state index contributed by atoms with van der Waals surface area (Å²) in [5.74, 6) is 0. The summed E-state index contributed by atoms with van der Waals surface area (Å²) in [5.41, 5.74) is 16.3. The van der Waals surface area contributed by atoms with Crippen molar-refractivity contribution in [1.29, 1.82) is 0 Å². The number of aromatic nitrogens is 3. The SMILES string of the molecule is c1ccc2c(c1)sc1ccc(-c3ccc(-c4nc5c(-c6ccc(-n7c8ccccc8c8ccccc87)cc6)ccc(-c6ccc(-n7c8ccccc8c8ccccc87)cc6)c5s4)cc3)cc12. The van der Waals surface area contributed by atoms with Crippen molar-refractivity contribution in [2.45, 2.75) is 0 Å². The second-order valence-electron chi connectivity index (χ2n) is 17.1. The van der Waals surface area contributed by atoms with Gasteiger partial charge in [0.2, 0.25) is 0 Å². The van der Waals surface area contributed by atoms with Crippen LogP contribution in [0.1, 0.15) is 0 Å². The summed E-state index contributed by atoms with van der Waals surface area (Å²) >= 11 is 3.64. The molecule has 0 saturated heterocycles. The number of rotatable bonds is 6. The van der Waals surface area contributed by atoms with Gasteiger partial charge in [-0.3, -0.25) is 0 Å². The van der Waals surface area contributed by atoms with Gasteiger partial charge in [0.25, 0.3) is 0 Å². The van der Waals surface area contributed by atoms with E-state index in [1.807, 2.05) is 11.3 Å². The topological polar surface area (TPSA) is 22.8 Å². The summed E-state index contributed by atoms with van der Waals surface area (Å²) < 4.78 is 8.58. The van der Waals surface area contributed by atoms with Crippen LogP contribution in [0.15, 0.2) is 224 Å². The standard InChI is InChI=1S/C61H37N3S2/c1-6-16-53-47(11-1)48-12-2-7-17-54(48)63(53)43-30-25-39(26-31-43)45-34-35-46(40-27-32-44(33-28-40)64-55-18-8-3-13-49(55)50-14-4-9-19-56(50)64)60-59(45)62-61(66-60)41-23-21-38(22-24-41)42-29-36-58-52(37-42)51-15-5-10-20-57(51)65-58/h1-37H. The third kappa shape index (κ3) is 5.77. The van der Waals surface area contributed by atoms with E-state index in [0.717, 1.165) is 38.6 Å². The molecule has 0 N–H and O–H groups in total. The molecular formula is C61H37N3S2. The number of hydrogen-bond acceptors (Lipinski definition) is 3. The summed E-state index contributed by atoms with van der Waals surface area (Å²) in [4.78, 5) is 5.51. The summed E-state index contributed by atoms with van der Waals surface area (Å²) in [6.45, 7) is 0. The number of thiazole rings is 1. The van der Waals surface area contributed by atoms with Crippen molar-refractivity contribution in [2.24, 2.45) is 0 Å². The van der Waals surface area contributed by atoms with Crippen molar-refractivity contribution < 1.29 is 0 Å². The molecule has 0 spiro atoms. The van der Waals surface area contributed by atoms with E-state index < -0.39 is 0 Å². The Morgan fingerprint density at radius 2 is 0.727 bits per heavy atom. The van der Waals surface area contributed by atoms with Gasteiger partial charge in [0.1, 0.15) is 5.01 Å². The monoisotopic (exact) mass is 875 g/mol. The summed E-state index contributed by atoms with van der Waals surface area (Å²) in [6, 6.07) is 82.0. The quantitative estimate of drug-likeness (QED) is 0.163. The lowest BCUT2D eigenvalue weighted by Crippen LogP contribution is -1.94. The number of benzene rings is 10. The van der Waals surface area contributed by atoms with Gasteiger partial charge in [-0.2, -0.15) is 0 Å². The molecule has 0 saturated carbocycles. The minimum absolute atomic E-state index is 1.01. The van der Waals surface area contributed by atoms with Gasteiger partial charge >= 0.3 is 0 Å². The van der Waals surface area contributed by atoms with Crippen LogP contribution in [-0.4, -0.2) is 14.1 Å². The average molecular weight is 876 g/mol. The van der Waals surface area contributed by atoms with Gasteiger partial charge in [0.05, 0.1) is 32.3 Å². The smallest absolute Gasteiger partial charge is 0.124 e. The number of thiophene rings is 1. The molecule has 0 aliphatic rings. The first kappa shape index (κ1) is 37.3. The molecule has 0 radical (unpaired) electrons. The fraction of sp³-hybridized carbons (Fsp3) is 0. The molecule has 10 aromatic carbocycles. The molecular weight excluding hydrogens is 839 g/mol. The Morgan fingerprint density at radius 1 is 0.303 bits per heavy atom. The second kappa shape index (κ2) is 14.7. The molecule has 66 heavy (non-hydrogen) atoms. The summed E-state index contributed by atoms with van der Waals surface area (Å²) in [5, 5.41) is 8.69. The van der Waals surface area contributed by atoms with E-state index in [4.69, 9.17) is 4.98 Å². The molecule has 0 unspecified atom stereocenters. The van der Waals surface area contributed by atoms with Crippen molar-refractivity contribution in [3.05, 3.63) is 224 Å². The molecule has 0 bridgehead atoms. The molecule has 4 aromatic heterocycles. The molecule has 308 valence electrons. The Balaban J connectivity index is 0.882. The predicted octanol–water partition coefficient (Wildman–Crippen LogP) is 17.5. The first-order valence-corrected chi connectivity index (χ1v) is 24.0. The van der Waals surface area contributed by atoms with Crippen molar-refractivity contribution in [3.8, 4) is 55.3 Å². The normalized spacial score (nSPS) is 11.9. The molecule has 5 heteroatoms. The van der Waals surface area contributed by atoms with Gasteiger partial charge in [0, 0.05) is 69.8 Å². The molecule has 14 aromatic rings. The van der Waals surface area contributed by atoms with E-state index in [2.05, 4.69) is 234 Å². The summed E-state index contributed by atoms with van der Waals surface area (Å²) in [6.07, 6.45) is 0. The van der Waals surface area contributed by atoms with Crippen molar-refractivity contribution in [1.82, 2.24) is 14.1 Å². The van der Waals surface area contributed by atoms with Crippen LogP contribution in [0.4, 0.5) is 0 Å². The lowest BCUT2D eigenvalue weighted by atomic mass is 9.98. The van der Waals surface area contributed by atoms with Gasteiger partial charge in [-0.1, -0.05) is 158 Å².